The molecule has 0 aliphatic carbocycles. The number of hydrogen-bond acceptors (Lipinski definition) is 4. The Morgan fingerprint density at radius 3 is 2.71 bits per heavy atom. The molecule has 1 aromatic rings. The summed E-state index contributed by atoms with van der Waals surface area (Å²) >= 11 is 3.47. The average molecular weight is 358 g/mol. The molecule has 0 saturated carbocycles. The van der Waals surface area contributed by atoms with Crippen LogP contribution in [0.4, 0.5) is 0 Å². The monoisotopic (exact) mass is 357 g/mol. The number of ether oxygens (including phenoxy) is 2. The fraction of sp³-hybridized carbons (Fsp3) is 0.562. The van der Waals surface area contributed by atoms with Crippen LogP contribution in [-0.2, 0) is 16.1 Å². The smallest absolute Gasteiger partial charge is 0.314 e. The highest BCUT2D eigenvalue weighted by molar-refractivity contribution is 9.10. The highest BCUT2D eigenvalue weighted by Gasteiger charge is 2.30. The van der Waals surface area contributed by atoms with Crippen LogP contribution in [0.25, 0.3) is 0 Å². The highest BCUT2D eigenvalue weighted by Crippen LogP contribution is 2.26. The number of carbonyl (C=O) groups is 1. The number of methoxy groups -OCH3 is 1. The number of carbonyl (C=O) groups excluding carboxylic acids is 1. The molecule has 118 valence electrons. The van der Waals surface area contributed by atoms with Gasteiger partial charge >= 0.3 is 5.97 Å². The molecule has 0 aliphatic heterocycles. The van der Waals surface area contributed by atoms with Gasteiger partial charge in [0.05, 0.1) is 12.5 Å². The maximum absolute atomic E-state index is 11.7. The van der Waals surface area contributed by atoms with Crippen molar-refractivity contribution in [2.45, 2.75) is 33.7 Å². The standard InChI is InChI=1S/C16H24BrNO3/c1-5-8-18-10-12-9-13(17)6-7-14(12)21-11-16(2,3)15(19)20-4/h6-7,9,18H,5,8,10-11H2,1-4H3. The van der Waals surface area contributed by atoms with Gasteiger partial charge in [0.25, 0.3) is 0 Å². The van der Waals surface area contributed by atoms with Crippen molar-refractivity contribution in [2.75, 3.05) is 20.3 Å². The van der Waals surface area contributed by atoms with Crippen LogP contribution in [0.5, 0.6) is 5.75 Å². The molecule has 21 heavy (non-hydrogen) atoms. The van der Waals surface area contributed by atoms with Gasteiger partial charge in [0.1, 0.15) is 12.4 Å². The van der Waals surface area contributed by atoms with E-state index in [0.29, 0.717) is 0 Å². The molecule has 5 heteroatoms. The van der Waals surface area contributed by atoms with Gasteiger partial charge in [-0.05, 0) is 45.0 Å². The molecule has 0 heterocycles. The third kappa shape index (κ3) is 5.67. The van der Waals surface area contributed by atoms with Crippen LogP contribution in [0.2, 0.25) is 0 Å². The lowest BCUT2D eigenvalue weighted by molar-refractivity contribution is -0.152. The summed E-state index contributed by atoms with van der Waals surface area (Å²) in [6.07, 6.45) is 1.08. The van der Waals surface area contributed by atoms with Gasteiger partial charge in [-0.1, -0.05) is 22.9 Å². The number of halogens is 1. The number of esters is 1. The van der Waals surface area contributed by atoms with Gasteiger partial charge in [-0.15, -0.1) is 0 Å². The molecule has 0 bridgehead atoms. The highest BCUT2D eigenvalue weighted by atomic mass is 79.9. The lowest BCUT2D eigenvalue weighted by Gasteiger charge is -2.22. The zero-order chi connectivity index (χ0) is 15.9. The second-order valence-electron chi connectivity index (χ2n) is 5.59. The van der Waals surface area contributed by atoms with Crippen molar-refractivity contribution >= 4 is 21.9 Å². The van der Waals surface area contributed by atoms with E-state index < -0.39 is 5.41 Å². The molecule has 0 fully saturated rings. The Balaban J connectivity index is 2.75. The number of rotatable bonds is 8. The van der Waals surface area contributed by atoms with Crippen LogP contribution in [-0.4, -0.2) is 26.2 Å². The van der Waals surface area contributed by atoms with Crippen molar-refractivity contribution in [3.63, 3.8) is 0 Å². The van der Waals surface area contributed by atoms with E-state index in [4.69, 9.17) is 9.47 Å². The first-order valence-electron chi connectivity index (χ1n) is 7.11. The van der Waals surface area contributed by atoms with E-state index in [2.05, 4.69) is 28.2 Å². The first-order valence-corrected chi connectivity index (χ1v) is 7.90. The van der Waals surface area contributed by atoms with Crippen LogP contribution >= 0.6 is 15.9 Å². The maximum atomic E-state index is 11.7. The number of nitrogens with one attached hydrogen (secondary N) is 1. The molecule has 1 rings (SSSR count). The Bertz CT molecular complexity index is 475. The van der Waals surface area contributed by atoms with Gasteiger partial charge in [0, 0.05) is 16.6 Å². The van der Waals surface area contributed by atoms with Crippen LogP contribution in [0.1, 0.15) is 32.8 Å². The van der Waals surface area contributed by atoms with Gasteiger partial charge in [-0.25, -0.2) is 0 Å². The quantitative estimate of drug-likeness (QED) is 0.571. The fourth-order valence-corrected chi connectivity index (χ4v) is 2.23. The molecule has 1 N–H and O–H groups in total. The lowest BCUT2D eigenvalue weighted by Crippen LogP contribution is -2.32. The van der Waals surface area contributed by atoms with Gasteiger partial charge in [-0.2, -0.15) is 0 Å². The van der Waals surface area contributed by atoms with Crippen molar-refractivity contribution < 1.29 is 14.3 Å². The lowest BCUT2D eigenvalue weighted by atomic mass is 9.95. The number of hydrogen-bond donors (Lipinski definition) is 1. The van der Waals surface area contributed by atoms with Crippen molar-refractivity contribution in [3.05, 3.63) is 28.2 Å². The van der Waals surface area contributed by atoms with Crippen molar-refractivity contribution in [1.82, 2.24) is 5.32 Å². The molecule has 4 nitrogen and oxygen atoms in total. The zero-order valence-corrected chi connectivity index (χ0v) is 14.7. The normalized spacial score (nSPS) is 11.3. The minimum Gasteiger partial charge on any atom is -0.492 e. The third-order valence-corrected chi connectivity index (χ3v) is 3.58. The first kappa shape index (κ1) is 18.0. The molecule has 0 aromatic heterocycles. The van der Waals surface area contributed by atoms with Gasteiger partial charge < -0.3 is 14.8 Å². The summed E-state index contributed by atoms with van der Waals surface area (Å²) in [6.45, 7) is 7.73. The minimum atomic E-state index is -0.671. The number of benzene rings is 1. The van der Waals surface area contributed by atoms with Gasteiger partial charge in [0.2, 0.25) is 0 Å². The first-order chi connectivity index (χ1) is 9.90. The summed E-state index contributed by atoms with van der Waals surface area (Å²) in [6, 6.07) is 5.88. The molecule has 0 saturated heterocycles. The van der Waals surface area contributed by atoms with E-state index in [9.17, 15) is 4.79 Å². The topological polar surface area (TPSA) is 47.6 Å². The van der Waals surface area contributed by atoms with Crippen LogP contribution in [0.3, 0.4) is 0 Å². The van der Waals surface area contributed by atoms with Crippen LogP contribution in [0, 0.1) is 5.41 Å². The third-order valence-electron chi connectivity index (χ3n) is 3.09. The molecule has 0 unspecified atom stereocenters. The molecule has 0 aliphatic rings. The summed E-state index contributed by atoms with van der Waals surface area (Å²) in [5.41, 5.74) is 0.397. The molecule has 0 amide bonds. The van der Waals surface area contributed by atoms with E-state index in [0.717, 1.165) is 35.3 Å². The molecule has 0 radical (unpaired) electrons. The Morgan fingerprint density at radius 2 is 2.10 bits per heavy atom. The van der Waals surface area contributed by atoms with E-state index in [1.165, 1.54) is 7.11 Å². The van der Waals surface area contributed by atoms with Crippen molar-refractivity contribution in [3.8, 4) is 5.75 Å². The Morgan fingerprint density at radius 1 is 1.38 bits per heavy atom. The van der Waals surface area contributed by atoms with Crippen molar-refractivity contribution in [2.24, 2.45) is 5.41 Å². The predicted molar refractivity (Wildman–Crippen MR) is 87.4 cm³/mol. The van der Waals surface area contributed by atoms with Gasteiger partial charge in [-0.3, -0.25) is 4.79 Å². The Labute approximate surface area is 135 Å². The fourth-order valence-electron chi connectivity index (χ4n) is 1.82. The van der Waals surface area contributed by atoms with Gasteiger partial charge in [0.15, 0.2) is 0 Å². The van der Waals surface area contributed by atoms with Crippen LogP contribution in [0.15, 0.2) is 22.7 Å². The maximum Gasteiger partial charge on any atom is 0.314 e. The largest absolute Gasteiger partial charge is 0.492 e. The summed E-state index contributed by atoms with van der Waals surface area (Å²) in [7, 11) is 1.39. The SMILES string of the molecule is CCCNCc1cc(Br)ccc1OCC(C)(C)C(=O)OC. The Kier molecular flexibility index (Phi) is 7.18. The molecule has 1 aromatic carbocycles. The second kappa shape index (κ2) is 8.39. The Hall–Kier alpha value is -1.07. The summed E-state index contributed by atoms with van der Waals surface area (Å²) < 4.78 is 11.7. The molecule has 0 atom stereocenters. The van der Waals surface area contributed by atoms with E-state index >= 15 is 0 Å². The van der Waals surface area contributed by atoms with E-state index in [-0.39, 0.29) is 12.6 Å². The molecular weight excluding hydrogens is 334 g/mol. The van der Waals surface area contributed by atoms with E-state index in [1.807, 2.05) is 32.0 Å². The summed E-state index contributed by atoms with van der Waals surface area (Å²) in [5, 5.41) is 3.36. The summed E-state index contributed by atoms with van der Waals surface area (Å²) in [4.78, 5) is 11.7. The zero-order valence-electron chi connectivity index (χ0n) is 13.2. The summed E-state index contributed by atoms with van der Waals surface area (Å²) in [5.74, 6) is 0.518. The second-order valence-corrected chi connectivity index (χ2v) is 6.51. The average Bonchev–Trinajstić information content (AvgIpc) is 2.45. The minimum absolute atomic E-state index is 0.273. The predicted octanol–water partition coefficient (Wildman–Crippen LogP) is 3.53. The van der Waals surface area contributed by atoms with E-state index in [1.54, 1.807) is 0 Å². The molecule has 0 spiro atoms. The molecular formula is C16H24BrNO3. The van der Waals surface area contributed by atoms with Crippen LogP contribution < -0.4 is 10.1 Å². The van der Waals surface area contributed by atoms with Crippen molar-refractivity contribution in [1.29, 1.82) is 0 Å².